The summed E-state index contributed by atoms with van der Waals surface area (Å²) in [6, 6.07) is 3.67. The van der Waals surface area contributed by atoms with Gasteiger partial charge in [-0.2, -0.15) is 5.10 Å². The molecule has 2 rings (SSSR count). The quantitative estimate of drug-likeness (QED) is 0.883. The molecule has 72 valence electrons. The summed E-state index contributed by atoms with van der Waals surface area (Å²) >= 11 is 3.33. The molecule has 2 aromatic rings. The number of rotatable bonds is 2. The lowest BCUT2D eigenvalue weighted by Gasteiger charge is -2.00. The largest absolute Gasteiger partial charge is 0.390 e. The molecule has 0 aromatic carbocycles. The van der Waals surface area contributed by atoms with E-state index in [9.17, 15) is 0 Å². The summed E-state index contributed by atoms with van der Waals surface area (Å²) in [5, 5.41) is 13.0. The van der Waals surface area contributed by atoms with Crippen molar-refractivity contribution in [1.82, 2.24) is 14.8 Å². The monoisotopic (exact) mass is 253 g/mol. The third kappa shape index (κ3) is 1.83. The number of halogens is 1. The van der Waals surface area contributed by atoms with E-state index in [2.05, 4.69) is 26.0 Å². The molecule has 0 aliphatic heterocycles. The highest BCUT2D eigenvalue weighted by Gasteiger charge is 2.00. The maximum atomic E-state index is 8.85. The third-order valence-electron chi connectivity index (χ3n) is 1.76. The molecule has 2 aromatic heterocycles. The van der Waals surface area contributed by atoms with Crippen LogP contribution in [-0.4, -0.2) is 19.9 Å². The van der Waals surface area contributed by atoms with Crippen LogP contribution in [0.2, 0.25) is 0 Å². The molecular weight excluding hydrogens is 246 g/mol. The Balaban J connectivity index is 2.39. The smallest absolute Gasteiger partial charge is 0.0883 e. The average molecular weight is 254 g/mol. The summed E-state index contributed by atoms with van der Waals surface area (Å²) in [5.74, 6) is 0. The fourth-order valence-electron chi connectivity index (χ4n) is 1.12. The minimum absolute atomic E-state index is 0.0472. The fraction of sp³-hybridized carbons (Fsp3) is 0.111. The van der Waals surface area contributed by atoms with Crippen LogP contribution in [0, 0.1) is 0 Å². The topological polar surface area (TPSA) is 50.9 Å². The van der Waals surface area contributed by atoms with Crippen LogP contribution >= 0.6 is 15.9 Å². The normalized spacial score (nSPS) is 10.4. The summed E-state index contributed by atoms with van der Waals surface area (Å²) in [6.45, 7) is -0.0472. The average Bonchev–Trinajstić information content (AvgIpc) is 2.66. The minimum Gasteiger partial charge on any atom is -0.390 e. The zero-order chi connectivity index (χ0) is 9.97. The fourth-order valence-corrected chi connectivity index (χ4v) is 1.47. The molecule has 0 bridgehead atoms. The number of aliphatic hydroxyl groups is 1. The third-order valence-corrected chi connectivity index (χ3v) is 2.19. The molecule has 0 aliphatic carbocycles. The van der Waals surface area contributed by atoms with E-state index in [-0.39, 0.29) is 6.61 Å². The van der Waals surface area contributed by atoms with Crippen LogP contribution in [0.1, 0.15) is 5.69 Å². The number of nitrogens with zero attached hydrogens (tertiary/aromatic N) is 3. The molecule has 0 spiro atoms. The second kappa shape index (κ2) is 3.89. The van der Waals surface area contributed by atoms with Crippen LogP contribution in [0.15, 0.2) is 35.2 Å². The van der Waals surface area contributed by atoms with Gasteiger partial charge < -0.3 is 5.11 Å². The number of hydrogen-bond acceptors (Lipinski definition) is 3. The van der Waals surface area contributed by atoms with Crippen LogP contribution in [0.3, 0.4) is 0 Å². The Labute approximate surface area is 89.3 Å². The van der Waals surface area contributed by atoms with Crippen molar-refractivity contribution < 1.29 is 5.11 Å². The molecule has 2 heterocycles. The van der Waals surface area contributed by atoms with E-state index in [0.717, 1.165) is 10.2 Å². The van der Waals surface area contributed by atoms with Gasteiger partial charge in [0, 0.05) is 16.9 Å². The van der Waals surface area contributed by atoms with Gasteiger partial charge in [-0.3, -0.25) is 4.98 Å². The SMILES string of the molecule is OCc1ccn(-c2cncc(Br)c2)n1. The molecule has 0 fully saturated rings. The number of hydrogen-bond donors (Lipinski definition) is 1. The van der Waals surface area contributed by atoms with E-state index in [0.29, 0.717) is 5.69 Å². The van der Waals surface area contributed by atoms with Crippen LogP contribution in [0.5, 0.6) is 0 Å². The maximum absolute atomic E-state index is 8.85. The van der Waals surface area contributed by atoms with E-state index >= 15 is 0 Å². The van der Waals surface area contributed by atoms with Crippen molar-refractivity contribution >= 4 is 15.9 Å². The standard InChI is InChI=1S/C9H8BrN3O/c10-7-3-9(5-11-4-7)13-2-1-8(6-14)12-13/h1-5,14H,6H2. The number of pyridine rings is 1. The lowest BCUT2D eigenvalue weighted by atomic mass is 10.4. The molecule has 14 heavy (non-hydrogen) atoms. The summed E-state index contributed by atoms with van der Waals surface area (Å²) in [5.41, 5.74) is 1.50. The Hall–Kier alpha value is -1.20. The summed E-state index contributed by atoms with van der Waals surface area (Å²) in [7, 11) is 0. The van der Waals surface area contributed by atoms with Gasteiger partial charge in [0.05, 0.1) is 24.2 Å². The lowest BCUT2D eigenvalue weighted by Crippen LogP contribution is -1.96. The van der Waals surface area contributed by atoms with Gasteiger partial charge in [-0.15, -0.1) is 0 Å². The van der Waals surface area contributed by atoms with Crippen LogP contribution < -0.4 is 0 Å². The van der Waals surface area contributed by atoms with Crippen molar-refractivity contribution in [2.75, 3.05) is 0 Å². The highest BCUT2D eigenvalue weighted by molar-refractivity contribution is 9.10. The molecule has 0 radical (unpaired) electrons. The van der Waals surface area contributed by atoms with Gasteiger partial charge in [0.25, 0.3) is 0 Å². The van der Waals surface area contributed by atoms with E-state index in [1.807, 2.05) is 6.07 Å². The Kier molecular flexibility index (Phi) is 2.60. The van der Waals surface area contributed by atoms with Gasteiger partial charge in [-0.25, -0.2) is 4.68 Å². The van der Waals surface area contributed by atoms with Gasteiger partial charge in [-0.05, 0) is 28.1 Å². The van der Waals surface area contributed by atoms with Crippen molar-refractivity contribution in [1.29, 1.82) is 0 Å². The first kappa shape index (κ1) is 9.36. The van der Waals surface area contributed by atoms with E-state index in [1.54, 1.807) is 29.3 Å². The van der Waals surface area contributed by atoms with Crippen molar-refractivity contribution in [2.24, 2.45) is 0 Å². The van der Waals surface area contributed by atoms with Crippen molar-refractivity contribution in [3.63, 3.8) is 0 Å². The van der Waals surface area contributed by atoms with Gasteiger partial charge in [0.15, 0.2) is 0 Å². The minimum atomic E-state index is -0.0472. The van der Waals surface area contributed by atoms with Crippen LogP contribution in [0.25, 0.3) is 5.69 Å². The number of aromatic nitrogens is 3. The Morgan fingerprint density at radius 2 is 2.29 bits per heavy atom. The summed E-state index contributed by atoms with van der Waals surface area (Å²) in [4.78, 5) is 4.03. The molecule has 5 heteroatoms. The first-order valence-electron chi connectivity index (χ1n) is 4.06. The highest BCUT2D eigenvalue weighted by Crippen LogP contribution is 2.13. The molecule has 4 nitrogen and oxygen atoms in total. The van der Waals surface area contributed by atoms with Crippen molar-refractivity contribution in [3.8, 4) is 5.69 Å². The molecule has 0 atom stereocenters. The predicted molar refractivity (Wildman–Crippen MR) is 55.0 cm³/mol. The van der Waals surface area contributed by atoms with E-state index in [1.165, 1.54) is 0 Å². The predicted octanol–water partition coefficient (Wildman–Crippen LogP) is 1.52. The number of aliphatic hydroxyl groups excluding tert-OH is 1. The van der Waals surface area contributed by atoms with Gasteiger partial charge >= 0.3 is 0 Å². The molecule has 0 saturated carbocycles. The van der Waals surface area contributed by atoms with Gasteiger partial charge in [-0.1, -0.05) is 0 Å². The first-order chi connectivity index (χ1) is 6.79. The summed E-state index contributed by atoms with van der Waals surface area (Å²) in [6.07, 6.45) is 5.20. The van der Waals surface area contributed by atoms with Crippen molar-refractivity contribution in [2.45, 2.75) is 6.61 Å². The molecule has 0 aliphatic rings. The molecule has 1 N–H and O–H groups in total. The molecular formula is C9H8BrN3O. The van der Waals surface area contributed by atoms with E-state index < -0.39 is 0 Å². The summed E-state index contributed by atoms with van der Waals surface area (Å²) < 4.78 is 2.57. The lowest BCUT2D eigenvalue weighted by molar-refractivity contribution is 0.276. The second-order valence-corrected chi connectivity index (χ2v) is 3.69. The van der Waals surface area contributed by atoms with Crippen LogP contribution in [0.4, 0.5) is 0 Å². The van der Waals surface area contributed by atoms with Crippen molar-refractivity contribution in [3.05, 3.63) is 40.9 Å². The molecule has 0 amide bonds. The molecule has 0 saturated heterocycles. The van der Waals surface area contributed by atoms with Gasteiger partial charge in [0.2, 0.25) is 0 Å². The molecule has 0 unspecified atom stereocenters. The Morgan fingerprint density at radius 1 is 1.43 bits per heavy atom. The van der Waals surface area contributed by atoms with E-state index in [4.69, 9.17) is 5.11 Å². The zero-order valence-electron chi connectivity index (χ0n) is 7.26. The second-order valence-electron chi connectivity index (χ2n) is 2.77. The first-order valence-corrected chi connectivity index (χ1v) is 4.85. The zero-order valence-corrected chi connectivity index (χ0v) is 8.85. The Morgan fingerprint density at radius 3 is 2.93 bits per heavy atom. The highest BCUT2D eigenvalue weighted by atomic mass is 79.9. The maximum Gasteiger partial charge on any atom is 0.0883 e. The Bertz CT molecular complexity index is 441. The van der Waals surface area contributed by atoms with Crippen LogP contribution in [-0.2, 0) is 6.61 Å². The van der Waals surface area contributed by atoms with Gasteiger partial charge in [0.1, 0.15) is 0 Å².